The highest BCUT2D eigenvalue weighted by atomic mass is 16.5. The number of carbonyl (C=O) groups excluding carboxylic acids is 3. The number of ether oxygens (including phenoxy) is 1. The average Bonchev–Trinajstić information content (AvgIpc) is 2.37. The first-order valence-corrected chi connectivity index (χ1v) is 5.12. The number of amides is 1. The molecule has 5 nitrogen and oxygen atoms in total. The molecule has 0 aliphatic rings. The van der Waals surface area contributed by atoms with Crippen LogP contribution in [0.2, 0.25) is 0 Å². The van der Waals surface area contributed by atoms with Crippen LogP contribution in [-0.2, 0) is 20.9 Å². The van der Waals surface area contributed by atoms with Crippen LogP contribution in [0, 0.1) is 0 Å². The highest BCUT2D eigenvalue weighted by Crippen LogP contribution is 2.00. The molecule has 5 heteroatoms. The highest BCUT2D eigenvalue weighted by molar-refractivity contribution is 5.75. The molecule has 1 N–H and O–H groups in total. The van der Waals surface area contributed by atoms with Gasteiger partial charge in [0.2, 0.25) is 0 Å². The van der Waals surface area contributed by atoms with E-state index in [-0.39, 0.29) is 13.0 Å². The van der Waals surface area contributed by atoms with Gasteiger partial charge in [-0.1, -0.05) is 30.3 Å². The second-order valence-corrected chi connectivity index (χ2v) is 3.35. The van der Waals surface area contributed by atoms with Crippen LogP contribution in [0.15, 0.2) is 30.3 Å². The minimum atomic E-state index is -0.823. The average molecular weight is 235 g/mol. The van der Waals surface area contributed by atoms with Crippen LogP contribution in [0.1, 0.15) is 12.0 Å². The third-order valence-corrected chi connectivity index (χ3v) is 2.03. The van der Waals surface area contributed by atoms with Gasteiger partial charge >= 0.3 is 6.09 Å². The van der Waals surface area contributed by atoms with E-state index in [1.807, 2.05) is 30.3 Å². The lowest BCUT2D eigenvalue weighted by molar-refractivity contribution is -0.113. The molecule has 0 radical (unpaired) electrons. The Morgan fingerprint density at radius 2 is 2.00 bits per heavy atom. The summed E-state index contributed by atoms with van der Waals surface area (Å²) >= 11 is 0. The minimum absolute atomic E-state index is 0.0516. The second kappa shape index (κ2) is 7.16. The molecule has 0 unspecified atom stereocenters. The smallest absolute Gasteiger partial charge is 0.408 e. The Bertz CT molecular complexity index is 377. The van der Waals surface area contributed by atoms with Crippen molar-refractivity contribution in [2.24, 2.45) is 0 Å². The third-order valence-electron chi connectivity index (χ3n) is 2.03. The summed E-state index contributed by atoms with van der Waals surface area (Å²) in [7, 11) is 0. The molecule has 0 aliphatic carbocycles. The number of nitrogens with one attached hydrogen (secondary N) is 1. The van der Waals surface area contributed by atoms with E-state index < -0.39 is 12.1 Å². The van der Waals surface area contributed by atoms with Gasteiger partial charge in [-0.3, -0.25) is 0 Å². The highest BCUT2D eigenvalue weighted by Gasteiger charge is 2.11. The molecule has 0 fully saturated rings. The molecule has 17 heavy (non-hydrogen) atoms. The van der Waals surface area contributed by atoms with Crippen LogP contribution >= 0.6 is 0 Å². The monoisotopic (exact) mass is 235 g/mol. The number of aldehydes is 2. The topological polar surface area (TPSA) is 72.5 Å². The fourth-order valence-electron chi connectivity index (χ4n) is 1.17. The van der Waals surface area contributed by atoms with Crippen LogP contribution < -0.4 is 5.32 Å². The first kappa shape index (κ1) is 12.9. The maximum absolute atomic E-state index is 11.3. The molecule has 1 rings (SSSR count). The molecule has 0 saturated carbocycles. The summed E-state index contributed by atoms with van der Waals surface area (Å²) in [6.45, 7) is 0.124. The van der Waals surface area contributed by atoms with Gasteiger partial charge in [0.1, 0.15) is 19.2 Å². The molecule has 1 atom stereocenters. The van der Waals surface area contributed by atoms with E-state index in [0.717, 1.165) is 5.56 Å². The summed E-state index contributed by atoms with van der Waals surface area (Å²) in [5.74, 6) is 0. The van der Waals surface area contributed by atoms with Gasteiger partial charge in [0, 0.05) is 6.42 Å². The number of hydrogen-bond acceptors (Lipinski definition) is 4. The normalized spacial score (nSPS) is 11.3. The Balaban J connectivity index is 2.34. The van der Waals surface area contributed by atoms with E-state index in [1.54, 1.807) is 0 Å². The van der Waals surface area contributed by atoms with Crippen LogP contribution in [0.5, 0.6) is 0 Å². The van der Waals surface area contributed by atoms with Gasteiger partial charge in [-0.05, 0) is 5.56 Å². The molecule has 90 valence electrons. The van der Waals surface area contributed by atoms with Crippen molar-refractivity contribution in [1.29, 1.82) is 0 Å². The van der Waals surface area contributed by atoms with Gasteiger partial charge in [-0.25, -0.2) is 4.79 Å². The van der Waals surface area contributed by atoms with E-state index in [1.165, 1.54) is 0 Å². The third kappa shape index (κ3) is 4.92. The summed E-state index contributed by atoms with van der Waals surface area (Å²) < 4.78 is 4.88. The Morgan fingerprint density at radius 1 is 1.29 bits per heavy atom. The first-order valence-electron chi connectivity index (χ1n) is 5.12. The number of carbonyl (C=O) groups is 3. The number of hydrogen-bond donors (Lipinski definition) is 1. The van der Waals surface area contributed by atoms with Crippen LogP contribution in [-0.4, -0.2) is 24.7 Å². The quantitative estimate of drug-likeness (QED) is 0.748. The molecule has 0 aromatic heterocycles. The molecular formula is C12H13NO4. The standard InChI is InChI=1S/C12H13NO4/c14-7-6-11(8-15)13-12(16)17-9-10-4-2-1-3-5-10/h1-5,7-8,11H,6,9H2,(H,13,16)/t11-/m0/s1. The molecular weight excluding hydrogens is 222 g/mol. The van der Waals surface area contributed by atoms with Crippen molar-refractivity contribution in [2.75, 3.05) is 0 Å². The van der Waals surface area contributed by atoms with Gasteiger partial charge in [-0.2, -0.15) is 0 Å². The van der Waals surface area contributed by atoms with Crippen molar-refractivity contribution in [2.45, 2.75) is 19.1 Å². The minimum Gasteiger partial charge on any atom is -0.445 e. The summed E-state index contributed by atoms with van der Waals surface area (Å²) in [6, 6.07) is 8.33. The van der Waals surface area contributed by atoms with Crippen LogP contribution in [0.3, 0.4) is 0 Å². The lowest BCUT2D eigenvalue weighted by Crippen LogP contribution is -2.36. The zero-order chi connectivity index (χ0) is 12.5. The molecule has 1 aromatic carbocycles. The van der Waals surface area contributed by atoms with Crippen molar-refractivity contribution in [3.05, 3.63) is 35.9 Å². The fraction of sp³-hybridized carbons (Fsp3) is 0.250. The Hall–Kier alpha value is -2.17. The van der Waals surface area contributed by atoms with E-state index in [0.29, 0.717) is 12.6 Å². The fourth-order valence-corrected chi connectivity index (χ4v) is 1.17. The maximum Gasteiger partial charge on any atom is 0.408 e. The molecule has 0 heterocycles. The van der Waals surface area contributed by atoms with E-state index in [4.69, 9.17) is 4.74 Å². The van der Waals surface area contributed by atoms with Gasteiger partial charge in [0.15, 0.2) is 0 Å². The molecule has 0 aliphatic heterocycles. The van der Waals surface area contributed by atoms with Gasteiger partial charge in [0.25, 0.3) is 0 Å². The van der Waals surface area contributed by atoms with Crippen molar-refractivity contribution >= 4 is 18.7 Å². The van der Waals surface area contributed by atoms with Crippen molar-refractivity contribution in [3.63, 3.8) is 0 Å². The van der Waals surface area contributed by atoms with Gasteiger partial charge in [-0.15, -0.1) is 0 Å². The van der Waals surface area contributed by atoms with Crippen LogP contribution in [0.25, 0.3) is 0 Å². The van der Waals surface area contributed by atoms with Crippen molar-refractivity contribution < 1.29 is 19.1 Å². The van der Waals surface area contributed by atoms with Crippen LogP contribution in [0.4, 0.5) is 4.79 Å². The number of rotatable bonds is 6. The van der Waals surface area contributed by atoms with Crippen molar-refractivity contribution in [1.82, 2.24) is 5.32 Å². The number of alkyl carbamates (subject to hydrolysis) is 1. The zero-order valence-electron chi connectivity index (χ0n) is 9.17. The summed E-state index contributed by atoms with van der Waals surface area (Å²) in [5, 5.41) is 2.28. The first-order chi connectivity index (χ1) is 8.26. The van der Waals surface area contributed by atoms with Gasteiger partial charge in [0.05, 0.1) is 6.04 Å². The van der Waals surface area contributed by atoms with Crippen molar-refractivity contribution in [3.8, 4) is 0 Å². The van der Waals surface area contributed by atoms with E-state index in [9.17, 15) is 14.4 Å². The zero-order valence-corrected chi connectivity index (χ0v) is 9.17. The SMILES string of the molecule is O=CC[C@@H](C=O)NC(=O)OCc1ccccc1. The molecule has 1 aromatic rings. The Kier molecular flexibility index (Phi) is 5.43. The predicted molar refractivity (Wildman–Crippen MR) is 60.3 cm³/mol. The molecule has 0 spiro atoms. The molecule has 0 bridgehead atoms. The van der Waals surface area contributed by atoms with Gasteiger partial charge < -0.3 is 19.6 Å². The lowest BCUT2D eigenvalue weighted by Gasteiger charge is -2.10. The molecule has 0 saturated heterocycles. The summed E-state index contributed by atoms with van der Waals surface area (Å²) in [5.41, 5.74) is 0.848. The second-order valence-electron chi connectivity index (χ2n) is 3.35. The lowest BCUT2D eigenvalue weighted by atomic mass is 10.2. The van der Waals surface area contributed by atoms with E-state index in [2.05, 4.69) is 5.32 Å². The largest absolute Gasteiger partial charge is 0.445 e. The molecule has 1 amide bonds. The summed E-state index contributed by atoms with van der Waals surface area (Å²) in [4.78, 5) is 31.9. The predicted octanol–water partition coefficient (Wildman–Crippen LogP) is 1.07. The maximum atomic E-state index is 11.3. The Morgan fingerprint density at radius 3 is 2.59 bits per heavy atom. The number of benzene rings is 1. The van der Waals surface area contributed by atoms with E-state index >= 15 is 0 Å². The Labute approximate surface area is 98.8 Å². The summed E-state index contributed by atoms with van der Waals surface area (Å²) in [6.07, 6.45) is 0.298.